The molecule has 3 rings (SSSR count). The summed E-state index contributed by atoms with van der Waals surface area (Å²) in [6, 6.07) is 11.6. The number of hydrogen-bond donors (Lipinski definition) is 2. The van der Waals surface area contributed by atoms with E-state index in [1.165, 1.54) is 0 Å². The summed E-state index contributed by atoms with van der Waals surface area (Å²) in [5.41, 5.74) is 3.75. The van der Waals surface area contributed by atoms with Crippen molar-refractivity contribution in [2.45, 2.75) is 13.3 Å². The van der Waals surface area contributed by atoms with Gasteiger partial charge in [0.05, 0.1) is 5.69 Å². The number of aromatic nitrogens is 3. The van der Waals surface area contributed by atoms with Crippen LogP contribution in [-0.4, -0.2) is 47.0 Å². The Morgan fingerprint density at radius 3 is 2.71 bits per heavy atom. The number of rotatable bonds is 8. The van der Waals surface area contributed by atoms with Crippen molar-refractivity contribution in [2.75, 3.05) is 37.8 Å². The molecule has 0 aliphatic heterocycles. The highest BCUT2D eigenvalue weighted by Crippen LogP contribution is 2.26. The molecule has 0 atom stereocenters. The standard InChI is InChI=1S/C21H25ClN6/c1-15-7-8-17(22)12-18(15)25-20-13-19(16-6-4-9-23-14-16)26-21(27-20)24-10-5-11-28(2)3/h4,6-9,12-14H,5,10-11H2,1-3H3,(H2,24,25,26,27). The molecule has 0 aliphatic rings. The fraction of sp³-hybridized carbons (Fsp3) is 0.286. The van der Waals surface area contributed by atoms with Gasteiger partial charge in [-0.1, -0.05) is 17.7 Å². The van der Waals surface area contributed by atoms with E-state index in [4.69, 9.17) is 11.6 Å². The van der Waals surface area contributed by atoms with Gasteiger partial charge in [-0.05, 0) is 63.8 Å². The molecule has 0 fully saturated rings. The topological polar surface area (TPSA) is 66.0 Å². The predicted octanol–water partition coefficient (Wildman–Crippen LogP) is 4.61. The van der Waals surface area contributed by atoms with Gasteiger partial charge >= 0.3 is 0 Å². The first-order valence-corrected chi connectivity index (χ1v) is 9.60. The summed E-state index contributed by atoms with van der Waals surface area (Å²) in [6.45, 7) is 3.83. The molecule has 0 unspecified atom stereocenters. The SMILES string of the molecule is Cc1ccc(Cl)cc1Nc1cc(-c2cccnc2)nc(NCCCN(C)C)n1. The molecular formula is C21H25ClN6. The molecule has 0 aliphatic carbocycles. The van der Waals surface area contributed by atoms with Crippen LogP contribution in [0, 0.1) is 6.92 Å². The first-order chi connectivity index (χ1) is 13.5. The molecule has 0 saturated carbocycles. The molecule has 0 spiro atoms. The minimum atomic E-state index is 0.585. The van der Waals surface area contributed by atoms with Crippen molar-refractivity contribution in [3.05, 3.63) is 59.4 Å². The van der Waals surface area contributed by atoms with E-state index >= 15 is 0 Å². The van der Waals surface area contributed by atoms with Crippen molar-refractivity contribution in [3.63, 3.8) is 0 Å². The molecule has 2 N–H and O–H groups in total. The molecule has 1 aromatic carbocycles. The van der Waals surface area contributed by atoms with Gasteiger partial charge in [-0.3, -0.25) is 4.98 Å². The number of hydrogen-bond acceptors (Lipinski definition) is 6. The summed E-state index contributed by atoms with van der Waals surface area (Å²) < 4.78 is 0. The molecule has 6 nitrogen and oxygen atoms in total. The second kappa shape index (κ2) is 9.48. The second-order valence-electron chi connectivity index (χ2n) is 6.87. The highest BCUT2D eigenvalue weighted by atomic mass is 35.5. The lowest BCUT2D eigenvalue weighted by molar-refractivity contribution is 0.405. The van der Waals surface area contributed by atoms with Crippen LogP contribution in [0.15, 0.2) is 48.8 Å². The smallest absolute Gasteiger partial charge is 0.225 e. The maximum atomic E-state index is 6.15. The van der Waals surface area contributed by atoms with E-state index in [1.54, 1.807) is 12.4 Å². The van der Waals surface area contributed by atoms with Crippen LogP contribution in [0.4, 0.5) is 17.5 Å². The van der Waals surface area contributed by atoms with Crippen molar-refractivity contribution in [1.82, 2.24) is 19.9 Å². The van der Waals surface area contributed by atoms with Crippen LogP contribution in [0.3, 0.4) is 0 Å². The molecule has 2 heterocycles. The van der Waals surface area contributed by atoms with Gasteiger partial charge in [0.15, 0.2) is 0 Å². The molecule has 3 aromatic rings. The molecule has 28 heavy (non-hydrogen) atoms. The lowest BCUT2D eigenvalue weighted by atomic mass is 10.2. The quantitative estimate of drug-likeness (QED) is 0.542. The maximum absolute atomic E-state index is 6.15. The van der Waals surface area contributed by atoms with E-state index in [0.29, 0.717) is 16.8 Å². The average molecular weight is 397 g/mol. The highest BCUT2D eigenvalue weighted by molar-refractivity contribution is 6.30. The van der Waals surface area contributed by atoms with Crippen molar-refractivity contribution in [1.29, 1.82) is 0 Å². The van der Waals surface area contributed by atoms with E-state index in [2.05, 4.69) is 44.6 Å². The van der Waals surface area contributed by atoms with Crippen LogP contribution >= 0.6 is 11.6 Å². The maximum Gasteiger partial charge on any atom is 0.225 e. The van der Waals surface area contributed by atoms with E-state index in [-0.39, 0.29) is 0 Å². The van der Waals surface area contributed by atoms with Gasteiger partial charge in [-0.25, -0.2) is 4.98 Å². The predicted molar refractivity (Wildman–Crippen MR) is 116 cm³/mol. The number of pyridine rings is 1. The Balaban J connectivity index is 1.87. The Bertz CT molecular complexity index is 914. The monoisotopic (exact) mass is 396 g/mol. The van der Waals surface area contributed by atoms with Gasteiger partial charge in [0.2, 0.25) is 5.95 Å². The third kappa shape index (κ3) is 5.65. The summed E-state index contributed by atoms with van der Waals surface area (Å²) >= 11 is 6.15. The van der Waals surface area contributed by atoms with E-state index < -0.39 is 0 Å². The molecule has 146 valence electrons. The van der Waals surface area contributed by atoms with E-state index in [9.17, 15) is 0 Å². The normalized spacial score (nSPS) is 10.9. The minimum Gasteiger partial charge on any atom is -0.354 e. The average Bonchev–Trinajstić information content (AvgIpc) is 2.68. The van der Waals surface area contributed by atoms with Gasteiger partial charge < -0.3 is 15.5 Å². The van der Waals surface area contributed by atoms with Gasteiger partial charge in [0, 0.05) is 41.3 Å². The summed E-state index contributed by atoms with van der Waals surface area (Å²) in [5.74, 6) is 1.29. The number of aryl methyl sites for hydroxylation is 1. The van der Waals surface area contributed by atoms with Crippen molar-refractivity contribution in [3.8, 4) is 11.3 Å². The largest absolute Gasteiger partial charge is 0.354 e. The number of halogens is 1. The van der Waals surface area contributed by atoms with Crippen molar-refractivity contribution >= 4 is 29.1 Å². The molecule has 0 bridgehead atoms. The summed E-state index contributed by atoms with van der Waals surface area (Å²) in [7, 11) is 4.13. The lowest BCUT2D eigenvalue weighted by Crippen LogP contribution is -2.17. The molecule has 0 radical (unpaired) electrons. The van der Waals surface area contributed by atoms with Crippen LogP contribution in [0.25, 0.3) is 11.3 Å². The van der Waals surface area contributed by atoms with Crippen LogP contribution in [0.5, 0.6) is 0 Å². The van der Waals surface area contributed by atoms with Crippen molar-refractivity contribution < 1.29 is 0 Å². The Hall–Kier alpha value is -2.70. The van der Waals surface area contributed by atoms with Crippen LogP contribution < -0.4 is 10.6 Å². The Morgan fingerprint density at radius 1 is 1.11 bits per heavy atom. The third-order valence-electron chi connectivity index (χ3n) is 4.21. The van der Waals surface area contributed by atoms with Crippen LogP contribution in [-0.2, 0) is 0 Å². The lowest BCUT2D eigenvalue weighted by Gasteiger charge is -2.14. The van der Waals surface area contributed by atoms with Crippen LogP contribution in [0.1, 0.15) is 12.0 Å². The Kier molecular flexibility index (Phi) is 6.79. The number of nitrogens with one attached hydrogen (secondary N) is 2. The van der Waals surface area contributed by atoms with E-state index in [1.807, 2.05) is 43.3 Å². The Morgan fingerprint density at radius 2 is 1.96 bits per heavy atom. The Labute approximate surface area is 171 Å². The fourth-order valence-corrected chi connectivity index (χ4v) is 2.89. The zero-order chi connectivity index (χ0) is 19.9. The highest BCUT2D eigenvalue weighted by Gasteiger charge is 2.09. The molecule has 7 heteroatoms. The number of nitrogens with zero attached hydrogens (tertiary/aromatic N) is 4. The van der Waals surface area contributed by atoms with E-state index in [0.717, 1.165) is 42.0 Å². The third-order valence-corrected chi connectivity index (χ3v) is 4.45. The molecule has 0 saturated heterocycles. The number of benzene rings is 1. The second-order valence-corrected chi connectivity index (χ2v) is 7.31. The summed E-state index contributed by atoms with van der Waals surface area (Å²) in [6.07, 6.45) is 4.55. The first-order valence-electron chi connectivity index (χ1n) is 9.22. The van der Waals surface area contributed by atoms with Gasteiger partial charge in [-0.2, -0.15) is 4.98 Å². The molecular weight excluding hydrogens is 372 g/mol. The minimum absolute atomic E-state index is 0.585. The van der Waals surface area contributed by atoms with Crippen molar-refractivity contribution in [2.24, 2.45) is 0 Å². The van der Waals surface area contributed by atoms with Gasteiger partial charge in [0.25, 0.3) is 0 Å². The summed E-state index contributed by atoms with van der Waals surface area (Å²) in [5, 5.41) is 7.37. The summed E-state index contributed by atoms with van der Waals surface area (Å²) in [4.78, 5) is 15.6. The van der Waals surface area contributed by atoms with Crippen LogP contribution in [0.2, 0.25) is 5.02 Å². The molecule has 2 aromatic heterocycles. The number of anilines is 3. The zero-order valence-corrected chi connectivity index (χ0v) is 17.2. The van der Waals surface area contributed by atoms with Gasteiger partial charge in [0.1, 0.15) is 5.82 Å². The fourth-order valence-electron chi connectivity index (χ4n) is 2.71. The first kappa shape index (κ1) is 20.0. The van der Waals surface area contributed by atoms with Gasteiger partial charge in [-0.15, -0.1) is 0 Å². The zero-order valence-electron chi connectivity index (χ0n) is 16.4. The molecule has 0 amide bonds.